The van der Waals surface area contributed by atoms with Gasteiger partial charge >= 0.3 is 0 Å². The molecule has 0 unspecified atom stereocenters. The highest BCUT2D eigenvalue weighted by atomic mass is 19.1. The Kier molecular flexibility index (Phi) is 6.33. The Balaban J connectivity index is 2.01. The molecule has 0 spiro atoms. The van der Waals surface area contributed by atoms with E-state index in [0.717, 1.165) is 6.07 Å². The zero-order chi connectivity index (χ0) is 18.2. The molecule has 0 aliphatic heterocycles. The van der Waals surface area contributed by atoms with Gasteiger partial charge in [0.2, 0.25) is 0 Å². The van der Waals surface area contributed by atoms with Crippen molar-refractivity contribution < 1.29 is 19.0 Å². The van der Waals surface area contributed by atoms with Gasteiger partial charge in [0.1, 0.15) is 17.3 Å². The Morgan fingerprint density at radius 1 is 1.28 bits per heavy atom. The van der Waals surface area contributed by atoms with Gasteiger partial charge in [-0.05, 0) is 36.8 Å². The molecular formula is C18H20FN3O3. The van der Waals surface area contributed by atoms with E-state index in [9.17, 15) is 14.3 Å². The fourth-order valence-electron chi connectivity index (χ4n) is 2.20. The Labute approximate surface area is 145 Å². The Morgan fingerprint density at radius 3 is 2.76 bits per heavy atom. The summed E-state index contributed by atoms with van der Waals surface area (Å²) in [5, 5.41) is 16.8. The van der Waals surface area contributed by atoms with Crippen LogP contribution in [0.1, 0.15) is 18.9 Å². The number of benzene rings is 2. The van der Waals surface area contributed by atoms with Crippen molar-refractivity contribution in [2.75, 3.05) is 19.0 Å². The minimum atomic E-state index is -0.488. The molecule has 0 bridgehead atoms. The standard InChI is InChI=1S/C18H20FN3O3/c1-3-14(13-10-12(19)8-9-16(13)23)21-22-18(24)11-20-15-6-4-5-7-17(15)25-2/h4-10,20,23H,3,11H2,1-2H3,(H,22,24)/b21-14+. The second kappa shape index (κ2) is 8.68. The fourth-order valence-corrected chi connectivity index (χ4v) is 2.20. The lowest BCUT2D eigenvalue weighted by atomic mass is 10.1. The zero-order valence-electron chi connectivity index (χ0n) is 14.0. The number of methoxy groups -OCH3 is 1. The summed E-state index contributed by atoms with van der Waals surface area (Å²) in [6.07, 6.45) is 0.414. The number of hydrogen-bond acceptors (Lipinski definition) is 5. The number of nitrogens with zero attached hydrogens (tertiary/aromatic N) is 1. The number of ether oxygens (including phenoxy) is 1. The van der Waals surface area contributed by atoms with Gasteiger partial charge in [-0.25, -0.2) is 9.82 Å². The monoisotopic (exact) mass is 345 g/mol. The highest BCUT2D eigenvalue weighted by molar-refractivity contribution is 6.03. The predicted molar refractivity (Wildman–Crippen MR) is 94.5 cm³/mol. The molecule has 0 aliphatic carbocycles. The maximum absolute atomic E-state index is 13.3. The van der Waals surface area contributed by atoms with Crippen LogP contribution in [-0.2, 0) is 4.79 Å². The molecule has 6 nitrogen and oxygen atoms in total. The van der Waals surface area contributed by atoms with Crippen LogP contribution < -0.4 is 15.5 Å². The van der Waals surface area contributed by atoms with Crippen molar-refractivity contribution in [1.82, 2.24) is 5.43 Å². The third kappa shape index (κ3) is 4.94. The maximum Gasteiger partial charge on any atom is 0.259 e. The van der Waals surface area contributed by atoms with Gasteiger partial charge in [-0.15, -0.1) is 0 Å². The van der Waals surface area contributed by atoms with E-state index in [4.69, 9.17) is 4.74 Å². The molecule has 0 aromatic heterocycles. The van der Waals surface area contributed by atoms with Crippen molar-refractivity contribution in [2.24, 2.45) is 5.10 Å². The molecule has 2 aromatic rings. The minimum absolute atomic E-state index is 0.0179. The number of hydrazone groups is 1. The van der Waals surface area contributed by atoms with Gasteiger partial charge < -0.3 is 15.2 Å². The van der Waals surface area contributed by atoms with Crippen molar-refractivity contribution in [3.63, 3.8) is 0 Å². The SMILES string of the molecule is CC/C(=N\NC(=O)CNc1ccccc1OC)c1cc(F)ccc1O. The summed E-state index contributed by atoms with van der Waals surface area (Å²) >= 11 is 0. The van der Waals surface area contributed by atoms with E-state index in [1.165, 1.54) is 12.1 Å². The van der Waals surface area contributed by atoms with Crippen molar-refractivity contribution in [2.45, 2.75) is 13.3 Å². The number of aromatic hydroxyl groups is 1. The number of rotatable bonds is 7. The Hall–Kier alpha value is -3.09. The molecule has 132 valence electrons. The molecule has 0 heterocycles. The zero-order valence-corrected chi connectivity index (χ0v) is 14.0. The van der Waals surface area contributed by atoms with Gasteiger partial charge in [-0.3, -0.25) is 4.79 Å². The summed E-state index contributed by atoms with van der Waals surface area (Å²) < 4.78 is 18.5. The van der Waals surface area contributed by atoms with E-state index in [1.807, 2.05) is 12.1 Å². The van der Waals surface area contributed by atoms with E-state index < -0.39 is 5.82 Å². The molecule has 1 amide bonds. The normalized spacial score (nSPS) is 11.1. The quantitative estimate of drug-likeness (QED) is 0.532. The number of hydrogen-bond donors (Lipinski definition) is 3. The van der Waals surface area contributed by atoms with Crippen LogP contribution in [0.15, 0.2) is 47.6 Å². The van der Waals surface area contributed by atoms with Gasteiger partial charge in [-0.1, -0.05) is 19.1 Å². The second-order valence-electron chi connectivity index (χ2n) is 5.16. The molecule has 3 N–H and O–H groups in total. The summed E-state index contributed by atoms with van der Waals surface area (Å²) in [5.74, 6) is -0.341. The highest BCUT2D eigenvalue weighted by Gasteiger charge is 2.10. The summed E-state index contributed by atoms with van der Waals surface area (Å²) in [6, 6.07) is 10.8. The van der Waals surface area contributed by atoms with Gasteiger partial charge in [-0.2, -0.15) is 5.10 Å². The number of nitrogens with one attached hydrogen (secondary N) is 2. The van der Waals surface area contributed by atoms with E-state index in [0.29, 0.717) is 23.6 Å². The van der Waals surface area contributed by atoms with Crippen LogP contribution >= 0.6 is 0 Å². The first-order valence-corrected chi connectivity index (χ1v) is 7.76. The van der Waals surface area contributed by atoms with E-state index >= 15 is 0 Å². The topological polar surface area (TPSA) is 83.0 Å². The number of carbonyl (C=O) groups is 1. The summed E-state index contributed by atoms with van der Waals surface area (Å²) in [5.41, 5.74) is 3.71. The molecule has 0 atom stereocenters. The lowest BCUT2D eigenvalue weighted by Crippen LogP contribution is -2.27. The molecule has 0 saturated carbocycles. The molecular weight excluding hydrogens is 325 g/mol. The molecule has 0 radical (unpaired) electrons. The molecule has 0 saturated heterocycles. The van der Waals surface area contributed by atoms with E-state index in [-0.39, 0.29) is 23.8 Å². The lowest BCUT2D eigenvalue weighted by molar-refractivity contribution is -0.119. The summed E-state index contributed by atoms with van der Waals surface area (Å²) in [4.78, 5) is 12.0. The highest BCUT2D eigenvalue weighted by Crippen LogP contribution is 2.22. The number of carbonyl (C=O) groups excluding carboxylic acids is 1. The first kappa shape index (κ1) is 18.3. The number of halogens is 1. The van der Waals surface area contributed by atoms with Crippen LogP contribution in [0.4, 0.5) is 10.1 Å². The van der Waals surface area contributed by atoms with Crippen LogP contribution in [-0.4, -0.2) is 30.4 Å². The average molecular weight is 345 g/mol. The average Bonchev–Trinajstić information content (AvgIpc) is 2.63. The number of para-hydroxylation sites is 2. The largest absolute Gasteiger partial charge is 0.507 e. The minimum Gasteiger partial charge on any atom is -0.507 e. The fraction of sp³-hybridized carbons (Fsp3) is 0.222. The van der Waals surface area contributed by atoms with Crippen molar-refractivity contribution in [1.29, 1.82) is 0 Å². The van der Waals surface area contributed by atoms with Crippen molar-refractivity contribution in [3.8, 4) is 11.5 Å². The van der Waals surface area contributed by atoms with Crippen LogP contribution in [0.3, 0.4) is 0 Å². The molecule has 2 aromatic carbocycles. The van der Waals surface area contributed by atoms with Gasteiger partial charge in [0, 0.05) is 5.56 Å². The molecule has 0 aliphatic rings. The summed E-state index contributed by atoms with van der Waals surface area (Å²) in [7, 11) is 1.55. The van der Waals surface area contributed by atoms with Crippen LogP contribution in [0.5, 0.6) is 11.5 Å². The first-order valence-electron chi connectivity index (χ1n) is 7.76. The molecule has 2 rings (SSSR count). The first-order chi connectivity index (χ1) is 12.0. The van der Waals surface area contributed by atoms with Gasteiger partial charge in [0.25, 0.3) is 5.91 Å². The van der Waals surface area contributed by atoms with Crippen LogP contribution in [0.25, 0.3) is 0 Å². The number of anilines is 1. The molecule has 7 heteroatoms. The molecule has 25 heavy (non-hydrogen) atoms. The third-order valence-corrected chi connectivity index (χ3v) is 3.47. The number of phenolic OH excluding ortho intramolecular Hbond substituents is 1. The predicted octanol–water partition coefficient (Wildman–Crippen LogP) is 2.88. The third-order valence-electron chi connectivity index (χ3n) is 3.47. The van der Waals surface area contributed by atoms with Crippen LogP contribution in [0.2, 0.25) is 0 Å². The van der Waals surface area contributed by atoms with Crippen molar-refractivity contribution >= 4 is 17.3 Å². The summed E-state index contributed by atoms with van der Waals surface area (Å²) in [6.45, 7) is 1.78. The van der Waals surface area contributed by atoms with E-state index in [2.05, 4.69) is 15.8 Å². The Morgan fingerprint density at radius 2 is 2.04 bits per heavy atom. The smallest absolute Gasteiger partial charge is 0.259 e. The van der Waals surface area contributed by atoms with Gasteiger partial charge in [0.15, 0.2) is 0 Å². The number of phenols is 1. The number of amides is 1. The Bertz CT molecular complexity index is 778. The lowest BCUT2D eigenvalue weighted by Gasteiger charge is -2.10. The maximum atomic E-state index is 13.3. The van der Waals surface area contributed by atoms with Gasteiger partial charge in [0.05, 0.1) is 25.1 Å². The second-order valence-corrected chi connectivity index (χ2v) is 5.16. The van der Waals surface area contributed by atoms with Crippen molar-refractivity contribution in [3.05, 3.63) is 53.8 Å². The van der Waals surface area contributed by atoms with Crippen LogP contribution in [0, 0.1) is 5.82 Å². The molecule has 0 fully saturated rings. The van der Waals surface area contributed by atoms with E-state index in [1.54, 1.807) is 26.2 Å².